The number of nitrogens with one attached hydrogen (secondary N) is 2. The number of benzene rings is 2. The van der Waals surface area contributed by atoms with Gasteiger partial charge in [-0.05, 0) is 28.7 Å². The van der Waals surface area contributed by atoms with Crippen molar-refractivity contribution < 1.29 is 18.4 Å². The summed E-state index contributed by atoms with van der Waals surface area (Å²) >= 11 is 0. The number of aromatic amines is 1. The van der Waals surface area contributed by atoms with E-state index in [9.17, 15) is 18.4 Å². The first-order valence-corrected chi connectivity index (χ1v) is 11.3. The van der Waals surface area contributed by atoms with Gasteiger partial charge in [-0.2, -0.15) is 15.4 Å². The van der Waals surface area contributed by atoms with Gasteiger partial charge >= 0.3 is 0 Å². The molecule has 2 aromatic carbocycles. The van der Waals surface area contributed by atoms with Crippen molar-refractivity contribution in [2.24, 2.45) is 0 Å². The smallest absolute Gasteiger partial charge is 0.243 e. The van der Waals surface area contributed by atoms with Crippen molar-refractivity contribution >= 4 is 11.8 Å². The molecule has 9 heteroatoms. The highest BCUT2D eigenvalue weighted by atomic mass is 19.1. The number of hydrogen-bond donors (Lipinski definition) is 2. The number of carbonyl (C=O) groups excluding carboxylic acids is 2. The maximum absolute atomic E-state index is 14.8. The summed E-state index contributed by atoms with van der Waals surface area (Å²) in [4.78, 5) is 27.4. The van der Waals surface area contributed by atoms with E-state index in [-0.39, 0.29) is 31.1 Å². The molecule has 1 aliphatic rings. The number of hydrogen-bond acceptors (Lipinski definition) is 4. The molecule has 1 saturated heterocycles. The van der Waals surface area contributed by atoms with Crippen LogP contribution >= 0.6 is 0 Å². The van der Waals surface area contributed by atoms with Gasteiger partial charge in [-0.3, -0.25) is 9.59 Å². The molecule has 3 unspecified atom stereocenters. The van der Waals surface area contributed by atoms with Crippen molar-refractivity contribution in [3.05, 3.63) is 82.9 Å². The molecule has 4 rings (SSSR count). The lowest BCUT2D eigenvalue weighted by Crippen LogP contribution is -2.47. The number of aromatic nitrogens is 3. The monoisotopic (exact) mass is 467 g/mol. The van der Waals surface area contributed by atoms with Gasteiger partial charge in [0.15, 0.2) is 0 Å². The highest BCUT2D eigenvalue weighted by Crippen LogP contribution is 2.28. The third kappa shape index (κ3) is 5.13. The topological polar surface area (TPSA) is 91.0 Å². The Bertz CT molecular complexity index is 1140. The third-order valence-electron chi connectivity index (χ3n) is 6.07. The van der Waals surface area contributed by atoms with Crippen LogP contribution in [0.5, 0.6) is 0 Å². The van der Waals surface area contributed by atoms with E-state index in [1.165, 1.54) is 17.2 Å². The predicted molar refractivity (Wildman–Crippen MR) is 122 cm³/mol. The lowest BCUT2D eigenvalue weighted by Gasteiger charge is -2.27. The molecule has 34 heavy (non-hydrogen) atoms. The summed E-state index contributed by atoms with van der Waals surface area (Å²) in [6.07, 6.45) is -0.0817. The zero-order chi connectivity index (χ0) is 24.2. The van der Waals surface area contributed by atoms with Crippen LogP contribution in [0.1, 0.15) is 54.6 Å². The van der Waals surface area contributed by atoms with Gasteiger partial charge in [-0.25, -0.2) is 8.78 Å². The fourth-order valence-corrected chi connectivity index (χ4v) is 4.31. The molecule has 1 fully saturated rings. The SMILES string of the molecule is CC(C)c1ccc(C(NC(=O)C2CC(F)CN2C(=O)Cc2cn[nH]n2)c2ccccc2)cc1F. The van der Waals surface area contributed by atoms with E-state index < -0.39 is 30.1 Å². The predicted octanol–water partition coefficient (Wildman–Crippen LogP) is 3.45. The summed E-state index contributed by atoms with van der Waals surface area (Å²) in [6.45, 7) is 3.65. The van der Waals surface area contributed by atoms with Crippen LogP contribution in [0.4, 0.5) is 8.78 Å². The summed E-state index contributed by atoms with van der Waals surface area (Å²) in [5.41, 5.74) is 2.32. The normalized spacial score (nSPS) is 18.8. The largest absolute Gasteiger partial charge is 0.343 e. The van der Waals surface area contributed by atoms with Crippen molar-refractivity contribution in [2.75, 3.05) is 6.54 Å². The van der Waals surface area contributed by atoms with Gasteiger partial charge in [-0.15, -0.1) is 0 Å². The van der Waals surface area contributed by atoms with Gasteiger partial charge in [-0.1, -0.05) is 56.3 Å². The van der Waals surface area contributed by atoms with Crippen molar-refractivity contribution in [2.45, 2.75) is 50.9 Å². The highest BCUT2D eigenvalue weighted by molar-refractivity contribution is 5.89. The Kier molecular flexibility index (Phi) is 7.00. The van der Waals surface area contributed by atoms with Gasteiger partial charge in [0, 0.05) is 6.42 Å². The first kappa shape index (κ1) is 23.5. The minimum atomic E-state index is -1.31. The maximum Gasteiger partial charge on any atom is 0.243 e. The third-order valence-corrected chi connectivity index (χ3v) is 6.07. The van der Waals surface area contributed by atoms with E-state index in [1.807, 2.05) is 44.2 Å². The molecule has 0 aliphatic carbocycles. The number of amides is 2. The number of likely N-dealkylation sites (tertiary alicyclic amines) is 1. The number of halogens is 2. The number of rotatable bonds is 7. The summed E-state index contributed by atoms with van der Waals surface area (Å²) in [6, 6.07) is 12.5. The molecule has 2 heterocycles. The van der Waals surface area contributed by atoms with Crippen LogP contribution in [-0.4, -0.2) is 50.9 Å². The minimum absolute atomic E-state index is 0.0167. The molecule has 1 aromatic heterocycles. The first-order chi connectivity index (χ1) is 16.3. The molecular formula is C25H27F2N5O2. The summed E-state index contributed by atoms with van der Waals surface area (Å²) in [5.74, 6) is -1.23. The van der Waals surface area contributed by atoms with E-state index >= 15 is 0 Å². The maximum atomic E-state index is 14.8. The molecule has 2 amide bonds. The van der Waals surface area contributed by atoms with E-state index in [0.717, 1.165) is 5.56 Å². The Morgan fingerprint density at radius 2 is 1.94 bits per heavy atom. The molecule has 178 valence electrons. The average Bonchev–Trinajstić information content (AvgIpc) is 3.47. The molecule has 0 radical (unpaired) electrons. The van der Waals surface area contributed by atoms with E-state index in [1.54, 1.807) is 12.1 Å². The van der Waals surface area contributed by atoms with Crippen molar-refractivity contribution in [3.8, 4) is 0 Å². The van der Waals surface area contributed by atoms with Gasteiger partial charge in [0.1, 0.15) is 18.0 Å². The molecule has 0 spiro atoms. The van der Waals surface area contributed by atoms with Crippen molar-refractivity contribution in [1.82, 2.24) is 25.6 Å². The first-order valence-electron chi connectivity index (χ1n) is 11.3. The molecule has 3 aromatic rings. The van der Waals surface area contributed by atoms with Crippen molar-refractivity contribution in [1.29, 1.82) is 0 Å². The van der Waals surface area contributed by atoms with Crippen LogP contribution < -0.4 is 5.32 Å². The second kappa shape index (κ2) is 10.1. The summed E-state index contributed by atoms with van der Waals surface area (Å²) < 4.78 is 29.1. The van der Waals surface area contributed by atoms with E-state index in [4.69, 9.17) is 0 Å². The van der Waals surface area contributed by atoms with Crippen LogP contribution in [0, 0.1) is 5.82 Å². The Morgan fingerprint density at radius 1 is 1.18 bits per heavy atom. The van der Waals surface area contributed by atoms with E-state index in [2.05, 4.69) is 20.7 Å². The standard InChI is InChI=1S/C25H27F2N5O2/c1-15(2)20-9-8-17(10-21(20)27)24(16-6-4-3-5-7-16)29-25(34)22-11-18(26)14-32(22)23(33)12-19-13-28-31-30-19/h3-10,13,15,18,22,24H,11-12,14H2,1-2H3,(H,29,34)(H,28,30,31). The molecule has 1 aliphatic heterocycles. The Morgan fingerprint density at radius 3 is 2.59 bits per heavy atom. The number of carbonyl (C=O) groups is 2. The summed E-state index contributed by atoms with van der Waals surface area (Å²) in [5, 5.41) is 12.9. The lowest BCUT2D eigenvalue weighted by atomic mass is 9.94. The highest BCUT2D eigenvalue weighted by Gasteiger charge is 2.40. The average molecular weight is 468 g/mol. The second-order valence-electron chi connectivity index (χ2n) is 8.82. The lowest BCUT2D eigenvalue weighted by molar-refractivity contribution is -0.138. The second-order valence-corrected chi connectivity index (χ2v) is 8.82. The minimum Gasteiger partial charge on any atom is -0.343 e. The molecule has 0 bridgehead atoms. The van der Waals surface area contributed by atoms with Gasteiger partial charge in [0.2, 0.25) is 11.8 Å². The zero-order valence-corrected chi connectivity index (χ0v) is 19.0. The number of nitrogens with zero attached hydrogens (tertiary/aromatic N) is 3. The quantitative estimate of drug-likeness (QED) is 0.557. The molecular weight excluding hydrogens is 440 g/mol. The van der Waals surface area contributed by atoms with Crippen LogP contribution in [-0.2, 0) is 16.0 Å². The van der Waals surface area contributed by atoms with Gasteiger partial charge in [0.05, 0.1) is 30.9 Å². The molecule has 0 saturated carbocycles. The molecule has 2 N–H and O–H groups in total. The Balaban J connectivity index is 1.59. The fraction of sp³-hybridized carbons (Fsp3) is 0.360. The van der Waals surface area contributed by atoms with Gasteiger partial charge < -0.3 is 10.2 Å². The van der Waals surface area contributed by atoms with Crippen molar-refractivity contribution in [3.63, 3.8) is 0 Å². The Hall–Kier alpha value is -3.62. The molecule has 7 nitrogen and oxygen atoms in total. The van der Waals surface area contributed by atoms with Gasteiger partial charge in [0.25, 0.3) is 0 Å². The molecule has 3 atom stereocenters. The zero-order valence-electron chi connectivity index (χ0n) is 19.0. The van der Waals surface area contributed by atoms with Crippen LogP contribution in [0.25, 0.3) is 0 Å². The fourth-order valence-electron chi connectivity index (χ4n) is 4.31. The van der Waals surface area contributed by atoms with Crippen LogP contribution in [0.2, 0.25) is 0 Å². The Labute approximate surface area is 196 Å². The summed E-state index contributed by atoms with van der Waals surface area (Å²) in [7, 11) is 0. The van der Waals surface area contributed by atoms with Crippen LogP contribution in [0.15, 0.2) is 54.7 Å². The number of H-pyrrole nitrogens is 1. The van der Waals surface area contributed by atoms with E-state index in [0.29, 0.717) is 16.8 Å². The number of alkyl halides is 1. The van der Waals surface area contributed by atoms with Crippen LogP contribution in [0.3, 0.4) is 0 Å².